The van der Waals surface area contributed by atoms with Crippen molar-refractivity contribution in [2.45, 2.75) is 18.0 Å². The maximum atomic E-state index is 13.2. The summed E-state index contributed by atoms with van der Waals surface area (Å²) in [6.07, 6.45) is 1.44. The van der Waals surface area contributed by atoms with E-state index in [0.717, 1.165) is 10.1 Å². The smallest absolute Gasteiger partial charge is 0.330 e. The van der Waals surface area contributed by atoms with Gasteiger partial charge in [-0.05, 0) is 24.3 Å². The van der Waals surface area contributed by atoms with Crippen molar-refractivity contribution < 1.29 is 17.9 Å². The lowest BCUT2D eigenvalue weighted by atomic mass is 10.2. The second-order valence-electron chi connectivity index (χ2n) is 7.27. The van der Waals surface area contributed by atoms with Crippen molar-refractivity contribution in [3.8, 4) is 11.5 Å². The van der Waals surface area contributed by atoms with Crippen LogP contribution in [-0.2, 0) is 22.9 Å². The van der Waals surface area contributed by atoms with Crippen LogP contribution in [0.4, 0.5) is 0 Å². The molecule has 0 aliphatic carbocycles. The Bertz CT molecular complexity index is 1520. The fraction of sp³-hybridized carbons (Fsp3) is 0.227. The van der Waals surface area contributed by atoms with Crippen LogP contribution in [0.5, 0.6) is 11.5 Å². The first-order valence-electron chi connectivity index (χ1n) is 10.0. The monoisotopic (exact) mass is 470 g/mol. The van der Waals surface area contributed by atoms with Crippen LogP contribution in [-0.4, -0.2) is 47.5 Å². The van der Waals surface area contributed by atoms with E-state index >= 15 is 0 Å². The summed E-state index contributed by atoms with van der Waals surface area (Å²) in [4.78, 5) is 32.5. The van der Waals surface area contributed by atoms with Crippen LogP contribution in [0.15, 0.2) is 69.3 Å². The number of rotatable bonds is 8. The van der Waals surface area contributed by atoms with Gasteiger partial charge in [-0.15, -0.1) is 0 Å². The van der Waals surface area contributed by atoms with Crippen molar-refractivity contribution in [1.82, 2.24) is 19.1 Å². The van der Waals surface area contributed by atoms with E-state index in [1.807, 2.05) is 0 Å². The Morgan fingerprint density at radius 2 is 1.79 bits per heavy atom. The summed E-state index contributed by atoms with van der Waals surface area (Å²) < 4.78 is 38.3. The van der Waals surface area contributed by atoms with Crippen LogP contribution in [0.3, 0.4) is 0 Å². The summed E-state index contributed by atoms with van der Waals surface area (Å²) >= 11 is 0. The van der Waals surface area contributed by atoms with E-state index in [0.29, 0.717) is 11.5 Å². The second-order valence-corrected chi connectivity index (χ2v) is 9.38. The van der Waals surface area contributed by atoms with Crippen molar-refractivity contribution in [2.75, 3.05) is 20.0 Å². The maximum absolute atomic E-state index is 13.2. The molecule has 10 nitrogen and oxygen atoms in total. The minimum Gasteiger partial charge on any atom is -0.497 e. The Morgan fingerprint density at radius 1 is 1.03 bits per heavy atom. The fourth-order valence-electron chi connectivity index (χ4n) is 3.53. The molecule has 11 heteroatoms. The fourth-order valence-corrected chi connectivity index (χ4v) is 4.76. The van der Waals surface area contributed by atoms with E-state index in [2.05, 4.69) is 9.97 Å². The third-order valence-corrected chi connectivity index (χ3v) is 6.99. The molecule has 2 aromatic heterocycles. The van der Waals surface area contributed by atoms with E-state index in [1.54, 1.807) is 48.1 Å². The number of nitrogens with zero attached hydrogens (tertiary/aromatic N) is 3. The number of sulfone groups is 1. The lowest BCUT2D eigenvalue weighted by Gasteiger charge is -2.12. The number of imidazole rings is 1. The molecule has 2 heterocycles. The molecule has 0 unspecified atom stereocenters. The summed E-state index contributed by atoms with van der Waals surface area (Å²) in [5.41, 5.74) is -0.296. The summed E-state index contributed by atoms with van der Waals surface area (Å²) in [7, 11) is -0.590. The normalized spacial score (nSPS) is 11.6. The van der Waals surface area contributed by atoms with Crippen LogP contribution < -0.4 is 20.7 Å². The molecule has 0 amide bonds. The van der Waals surface area contributed by atoms with Crippen LogP contribution in [0, 0.1) is 0 Å². The van der Waals surface area contributed by atoms with Crippen LogP contribution in [0.1, 0.15) is 5.56 Å². The van der Waals surface area contributed by atoms with Gasteiger partial charge in [0.25, 0.3) is 5.56 Å². The van der Waals surface area contributed by atoms with E-state index in [-0.39, 0.29) is 29.1 Å². The Balaban J connectivity index is 1.69. The van der Waals surface area contributed by atoms with Crippen molar-refractivity contribution in [3.63, 3.8) is 0 Å². The number of hydrogen-bond donors (Lipinski definition) is 1. The topological polar surface area (TPSA) is 125 Å². The number of aromatic amines is 1. The van der Waals surface area contributed by atoms with E-state index in [9.17, 15) is 18.0 Å². The Hall–Kier alpha value is -3.86. The summed E-state index contributed by atoms with van der Waals surface area (Å²) in [5.74, 6) is 0.790. The molecular formula is C22H22N4O6S. The van der Waals surface area contributed by atoms with Crippen molar-refractivity contribution in [2.24, 2.45) is 0 Å². The lowest BCUT2D eigenvalue weighted by molar-refractivity contribution is 0.390. The minimum atomic E-state index is -3.67. The molecule has 2 aromatic carbocycles. The Kier molecular flexibility index (Phi) is 6.05. The molecule has 0 fully saturated rings. The molecular weight excluding hydrogens is 448 g/mol. The average Bonchev–Trinajstić information content (AvgIpc) is 3.22. The second kappa shape index (κ2) is 8.94. The SMILES string of the molecule is COc1ccc(Cn2cnc3[nH]c(=O)n(CCS(=O)(=O)c4ccccc4)c(=O)c32)c(OC)c1. The number of H-pyrrole nitrogens is 1. The van der Waals surface area contributed by atoms with Gasteiger partial charge >= 0.3 is 5.69 Å². The molecule has 0 aliphatic heterocycles. The molecule has 4 aromatic rings. The quantitative estimate of drug-likeness (QED) is 0.413. The third kappa shape index (κ3) is 4.40. The first-order chi connectivity index (χ1) is 15.8. The zero-order chi connectivity index (χ0) is 23.6. The molecule has 0 saturated carbocycles. The van der Waals surface area contributed by atoms with Crippen molar-refractivity contribution in [1.29, 1.82) is 0 Å². The van der Waals surface area contributed by atoms with Gasteiger partial charge in [0.15, 0.2) is 21.0 Å². The number of methoxy groups -OCH3 is 2. The number of nitrogens with one attached hydrogen (secondary N) is 1. The molecule has 4 rings (SSSR count). The highest BCUT2D eigenvalue weighted by molar-refractivity contribution is 7.91. The lowest BCUT2D eigenvalue weighted by Crippen LogP contribution is -2.37. The van der Waals surface area contributed by atoms with Crippen LogP contribution >= 0.6 is 0 Å². The predicted molar refractivity (Wildman–Crippen MR) is 122 cm³/mol. The number of aromatic nitrogens is 4. The van der Waals surface area contributed by atoms with Gasteiger partial charge < -0.3 is 14.0 Å². The van der Waals surface area contributed by atoms with Gasteiger partial charge in [0.2, 0.25) is 0 Å². The third-order valence-electron chi connectivity index (χ3n) is 5.28. The first kappa shape index (κ1) is 22.3. The molecule has 0 radical (unpaired) electrons. The van der Waals surface area contributed by atoms with Gasteiger partial charge in [-0.3, -0.25) is 14.3 Å². The molecule has 172 valence electrons. The molecule has 0 bridgehead atoms. The number of fused-ring (bicyclic) bond motifs is 1. The highest BCUT2D eigenvalue weighted by atomic mass is 32.2. The molecule has 0 aliphatic rings. The summed E-state index contributed by atoms with van der Waals surface area (Å²) in [6.45, 7) is -0.0500. The number of benzene rings is 2. The van der Waals surface area contributed by atoms with Gasteiger partial charge in [-0.1, -0.05) is 18.2 Å². The van der Waals surface area contributed by atoms with Gasteiger partial charge in [0.05, 0.1) is 37.7 Å². The van der Waals surface area contributed by atoms with Crippen molar-refractivity contribution in [3.05, 3.63) is 81.3 Å². The largest absolute Gasteiger partial charge is 0.497 e. The van der Waals surface area contributed by atoms with Crippen LogP contribution in [0.25, 0.3) is 11.2 Å². The number of ether oxygens (including phenoxy) is 2. The van der Waals surface area contributed by atoms with Gasteiger partial charge in [0.1, 0.15) is 11.5 Å². The van der Waals surface area contributed by atoms with Gasteiger partial charge in [-0.2, -0.15) is 0 Å². The highest BCUT2D eigenvalue weighted by Gasteiger charge is 2.18. The predicted octanol–water partition coefficient (Wildman–Crippen LogP) is 1.43. The molecule has 1 N–H and O–H groups in total. The van der Waals surface area contributed by atoms with Crippen LogP contribution in [0.2, 0.25) is 0 Å². The molecule has 0 spiro atoms. The zero-order valence-corrected chi connectivity index (χ0v) is 18.8. The molecule has 33 heavy (non-hydrogen) atoms. The average molecular weight is 471 g/mol. The van der Waals surface area contributed by atoms with E-state index in [4.69, 9.17) is 9.47 Å². The zero-order valence-electron chi connectivity index (χ0n) is 18.0. The summed E-state index contributed by atoms with van der Waals surface area (Å²) in [6, 6.07) is 13.2. The Labute approximate surface area is 189 Å². The van der Waals surface area contributed by atoms with E-state index < -0.39 is 26.8 Å². The Morgan fingerprint density at radius 3 is 2.48 bits per heavy atom. The van der Waals surface area contributed by atoms with Gasteiger partial charge in [-0.25, -0.2) is 18.2 Å². The molecule has 0 saturated heterocycles. The van der Waals surface area contributed by atoms with Gasteiger partial charge in [0, 0.05) is 18.2 Å². The molecule has 0 atom stereocenters. The minimum absolute atomic E-state index is 0.125. The number of hydrogen-bond acceptors (Lipinski definition) is 7. The first-order valence-corrected chi connectivity index (χ1v) is 11.7. The van der Waals surface area contributed by atoms with Crippen molar-refractivity contribution >= 4 is 21.0 Å². The van der Waals surface area contributed by atoms with E-state index in [1.165, 1.54) is 25.6 Å². The maximum Gasteiger partial charge on any atom is 0.330 e. The summed E-state index contributed by atoms with van der Waals surface area (Å²) in [5, 5.41) is 0. The standard InChI is InChI=1S/C22H22N4O6S/c1-31-16-9-8-15(18(12-16)32-2)13-25-14-23-20-19(25)21(27)26(22(28)24-20)10-11-33(29,30)17-6-4-3-5-7-17/h3-9,12,14H,10-11,13H2,1-2H3,(H,24,28). The highest BCUT2D eigenvalue weighted by Crippen LogP contribution is 2.25.